The highest BCUT2D eigenvalue weighted by Gasteiger charge is 2.29. The van der Waals surface area contributed by atoms with E-state index in [2.05, 4.69) is 35.0 Å². The Morgan fingerprint density at radius 1 is 1.28 bits per heavy atom. The molecular formula is C13H23N3OS. The number of rotatable bonds is 2. The number of aliphatic hydroxyl groups excluding tert-OH is 1. The Bertz CT molecular complexity index is 399. The lowest BCUT2D eigenvalue weighted by molar-refractivity contribution is 0.106. The molecule has 4 nitrogen and oxygen atoms in total. The van der Waals surface area contributed by atoms with Crippen molar-refractivity contribution in [3.05, 3.63) is 5.82 Å². The predicted octanol–water partition coefficient (Wildman–Crippen LogP) is 2.58. The second kappa shape index (κ2) is 5.13. The first-order chi connectivity index (χ1) is 8.39. The highest BCUT2D eigenvalue weighted by molar-refractivity contribution is 7.09. The molecule has 1 fully saturated rings. The first-order valence-electron chi connectivity index (χ1n) is 6.64. The minimum absolute atomic E-state index is 0.0131. The smallest absolute Gasteiger partial charge is 0.205 e. The zero-order valence-corrected chi connectivity index (χ0v) is 12.5. The summed E-state index contributed by atoms with van der Waals surface area (Å²) in [5.74, 6) is 0.889. The molecule has 5 heteroatoms. The molecule has 1 aromatic rings. The van der Waals surface area contributed by atoms with E-state index in [1.807, 2.05) is 7.05 Å². The van der Waals surface area contributed by atoms with Crippen LogP contribution < -0.4 is 4.90 Å². The van der Waals surface area contributed by atoms with Gasteiger partial charge in [0.2, 0.25) is 5.13 Å². The van der Waals surface area contributed by atoms with Crippen molar-refractivity contribution in [3.8, 4) is 0 Å². The minimum Gasteiger partial charge on any atom is -0.391 e. The van der Waals surface area contributed by atoms with Gasteiger partial charge in [-0.15, -0.1) is 0 Å². The van der Waals surface area contributed by atoms with Gasteiger partial charge >= 0.3 is 0 Å². The van der Waals surface area contributed by atoms with Crippen molar-refractivity contribution in [2.24, 2.45) is 0 Å². The van der Waals surface area contributed by atoms with Gasteiger partial charge in [0, 0.05) is 24.0 Å². The zero-order chi connectivity index (χ0) is 13.3. The molecule has 1 heterocycles. The number of hydrogen-bond acceptors (Lipinski definition) is 5. The van der Waals surface area contributed by atoms with E-state index in [-0.39, 0.29) is 17.6 Å². The van der Waals surface area contributed by atoms with Crippen molar-refractivity contribution in [3.63, 3.8) is 0 Å². The third-order valence-corrected chi connectivity index (χ3v) is 4.39. The fourth-order valence-corrected chi connectivity index (χ4v) is 3.22. The molecule has 0 saturated heterocycles. The van der Waals surface area contributed by atoms with E-state index in [0.29, 0.717) is 0 Å². The van der Waals surface area contributed by atoms with Gasteiger partial charge in [-0.2, -0.15) is 4.37 Å². The normalized spacial score (nSPS) is 25.2. The minimum atomic E-state index is -0.231. The summed E-state index contributed by atoms with van der Waals surface area (Å²) in [5, 5.41) is 11.0. The molecule has 1 N–H and O–H groups in total. The van der Waals surface area contributed by atoms with E-state index in [1.54, 1.807) is 0 Å². The molecule has 2 atom stereocenters. The third kappa shape index (κ3) is 2.83. The van der Waals surface area contributed by atoms with Crippen LogP contribution in [0.4, 0.5) is 5.13 Å². The van der Waals surface area contributed by atoms with Crippen molar-refractivity contribution in [2.45, 2.75) is 64.0 Å². The molecule has 1 aliphatic carbocycles. The Hall–Kier alpha value is -0.680. The van der Waals surface area contributed by atoms with Crippen LogP contribution in [0, 0.1) is 0 Å². The van der Waals surface area contributed by atoms with E-state index >= 15 is 0 Å². The maximum atomic E-state index is 10.1. The van der Waals surface area contributed by atoms with E-state index in [9.17, 15) is 5.11 Å². The van der Waals surface area contributed by atoms with Gasteiger partial charge in [-0.3, -0.25) is 0 Å². The van der Waals surface area contributed by atoms with Crippen molar-refractivity contribution < 1.29 is 5.11 Å². The summed E-state index contributed by atoms with van der Waals surface area (Å²) < 4.78 is 4.44. The molecule has 102 valence electrons. The van der Waals surface area contributed by atoms with Gasteiger partial charge in [0.25, 0.3) is 0 Å². The van der Waals surface area contributed by atoms with E-state index < -0.39 is 0 Å². The fourth-order valence-electron chi connectivity index (χ4n) is 2.35. The van der Waals surface area contributed by atoms with Crippen LogP contribution in [-0.2, 0) is 5.41 Å². The Labute approximate surface area is 113 Å². The molecule has 0 bridgehead atoms. The number of anilines is 1. The van der Waals surface area contributed by atoms with Crippen LogP contribution >= 0.6 is 11.5 Å². The largest absolute Gasteiger partial charge is 0.391 e. The summed E-state index contributed by atoms with van der Waals surface area (Å²) in [6.45, 7) is 6.36. The number of aromatic nitrogens is 2. The maximum absolute atomic E-state index is 10.1. The SMILES string of the molecule is CN(c1nc(C(C)(C)C)ns1)C1CCCCC1O. The molecule has 2 rings (SSSR count). The third-order valence-electron chi connectivity index (χ3n) is 3.58. The Morgan fingerprint density at radius 2 is 1.94 bits per heavy atom. The number of aliphatic hydroxyl groups is 1. The molecule has 1 saturated carbocycles. The molecule has 0 aliphatic heterocycles. The lowest BCUT2D eigenvalue weighted by Crippen LogP contribution is -2.43. The summed E-state index contributed by atoms with van der Waals surface area (Å²) >= 11 is 1.43. The monoisotopic (exact) mass is 269 g/mol. The zero-order valence-electron chi connectivity index (χ0n) is 11.7. The van der Waals surface area contributed by atoms with Gasteiger partial charge in [-0.05, 0) is 12.8 Å². The van der Waals surface area contributed by atoms with E-state index in [4.69, 9.17) is 0 Å². The second-order valence-electron chi connectivity index (χ2n) is 6.18. The number of nitrogens with zero attached hydrogens (tertiary/aromatic N) is 3. The summed E-state index contributed by atoms with van der Waals surface area (Å²) in [6, 6.07) is 0.194. The van der Waals surface area contributed by atoms with Crippen LogP contribution in [0.1, 0.15) is 52.3 Å². The topological polar surface area (TPSA) is 49.2 Å². The lowest BCUT2D eigenvalue weighted by Gasteiger charge is -2.34. The summed E-state index contributed by atoms with van der Waals surface area (Å²) in [7, 11) is 2.02. The molecule has 1 aromatic heterocycles. The molecular weight excluding hydrogens is 246 g/mol. The first kappa shape index (κ1) is 13.7. The van der Waals surface area contributed by atoms with Crippen LogP contribution in [-0.4, -0.2) is 33.7 Å². The van der Waals surface area contributed by atoms with Crippen molar-refractivity contribution in [1.82, 2.24) is 9.36 Å². The second-order valence-corrected chi connectivity index (χ2v) is 6.91. The lowest BCUT2D eigenvalue weighted by atomic mass is 9.92. The van der Waals surface area contributed by atoms with Crippen LogP contribution in [0.25, 0.3) is 0 Å². The van der Waals surface area contributed by atoms with E-state index in [0.717, 1.165) is 30.2 Å². The fraction of sp³-hybridized carbons (Fsp3) is 0.846. The van der Waals surface area contributed by atoms with Crippen LogP contribution in [0.2, 0.25) is 0 Å². The van der Waals surface area contributed by atoms with Gasteiger partial charge in [-0.1, -0.05) is 33.6 Å². The molecule has 1 aliphatic rings. The van der Waals surface area contributed by atoms with Crippen molar-refractivity contribution in [1.29, 1.82) is 0 Å². The first-order valence-corrected chi connectivity index (χ1v) is 7.42. The average molecular weight is 269 g/mol. The number of hydrogen-bond donors (Lipinski definition) is 1. The van der Waals surface area contributed by atoms with Crippen LogP contribution in [0.3, 0.4) is 0 Å². The van der Waals surface area contributed by atoms with Gasteiger partial charge in [0.1, 0.15) is 5.82 Å². The van der Waals surface area contributed by atoms with Crippen molar-refractivity contribution >= 4 is 16.7 Å². The quantitative estimate of drug-likeness (QED) is 0.896. The van der Waals surface area contributed by atoms with Gasteiger partial charge in [-0.25, -0.2) is 4.98 Å². The Balaban J connectivity index is 2.13. The molecule has 0 radical (unpaired) electrons. The van der Waals surface area contributed by atoms with Gasteiger partial charge in [0.15, 0.2) is 0 Å². The molecule has 18 heavy (non-hydrogen) atoms. The average Bonchev–Trinajstić information content (AvgIpc) is 2.77. The molecule has 0 spiro atoms. The van der Waals surface area contributed by atoms with E-state index in [1.165, 1.54) is 18.0 Å². The van der Waals surface area contributed by atoms with Gasteiger partial charge in [0.05, 0.1) is 12.1 Å². The molecule has 0 aromatic carbocycles. The predicted molar refractivity (Wildman–Crippen MR) is 75.3 cm³/mol. The highest BCUT2D eigenvalue weighted by atomic mass is 32.1. The maximum Gasteiger partial charge on any atom is 0.205 e. The molecule has 0 amide bonds. The Kier molecular flexibility index (Phi) is 3.92. The van der Waals surface area contributed by atoms with Crippen molar-refractivity contribution in [2.75, 3.05) is 11.9 Å². The summed E-state index contributed by atoms with van der Waals surface area (Å²) in [4.78, 5) is 6.72. The van der Waals surface area contributed by atoms with Gasteiger partial charge < -0.3 is 10.0 Å². The summed E-state index contributed by atoms with van der Waals surface area (Å²) in [6.07, 6.45) is 4.04. The molecule has 2 unspecified atom stereocenters. The summed E-state index contributed by atoms with van der Waals surface area (Å²) in [5.41, 5.74) is -0.0131. The van der Waals surface area contributed by atoms with Crippen LogP contribution in [0.15, 0.2) is 0 Å². The standard InChI is InChI=1S/C13H23N3OS/c1-13(2,3)11-14-12(18-15-11)16(4)9-7-5-6-8-10(9)17/h9-10,17H,5-8H2,1-4H3. The number of likely N-dealkylation sites (N-methyl/N-ethyl adjacent to an activating group) is 1. The van der Waals surface area contributed by atoms with Crippen LogP contribution in [0.5, 0.6) is 0 Å². The Morgan fingerprint density at radius 3 is 2.50 bits per heavy atom. The highest BCUT2D eigenvalue weighted by Crippen LogP contribution is 2.29.